The predicted octanol–water partition coefficient (Wildman–Crippen LogP) is 5.64. The summed E-state index contributed by atoms with van der Waals surface area (Å²) in [5.74, 6) is 1.17. The van der Waals surface area contributed by atoms with Crippen LogP contribution >= 0.6 is 35.0 Å². The van der Waals surface area contributed by atoms with Crippen molar-refractivity contribution >= 4 is 35.0 Å². The highest BCUT2D eigenvalue weighted by molar-refractivity contribution is 7.98. The Balaban J connectivity index is 1.72. The van der Waals surface area contributed by atoms with Crippen LogP contribution < -0.4 is 0 Å². The van der Waals surface area contributed by atoms with E-state index in [1.54, 1.807) is 6.07 Å². The fourth-order valence-electron chi connectivity index (χ4n) is 1.94. The van der Waals surface area contributed by atoms with Crippen molar-refractivity contribution in [2.45, 2.75) is 17.9 Å². The summed E-state index contributed by atoms with van der Waals surface area (Å²) in [6, 6.07) is 13.4. The molecule has 0 aliphatic carbocycles. The Labute approximate surface area is 142 Å². The van der Waals surface area contributed by atoms with Gasteiger partial charge in [0.2, 0.25) is 5.89 Å². The highest BCUT2D eigenvalue weighted by Gasteiger charge is 2.10. The van der Waals surface area contributed by atoms with E-state index < -0.39 is 0 Å². The van der Waals surface area contributed by atoms with Crippen molar-refractivity contribution in [1.82, 2.24) is 10.2 Å². The Morgan fingerprint density at radius 2 is 1.95 bits per heavy atom. The second-order valence-corrected chi connectivity index (χ2v) is 6.54. The maximum Gasteiger partial charge on any atom is 0.277 e. The molecule has 0 amide bonds. The average molecular weight is 351 g/mol. The summed E-state index contributed by atoms with van der Waals surface area (Å²) in [5, 5.41) is 9.92. The molecule has 0 spiro atoms. The zero-order valence-corrected chi connectivity index (χ0v) is 14.0. The van der Waals surface area contributed by atoms with E-state index in [1.807, 2.05) is 43.3 Å². The second kappa shape index (κ2) is 6.73. The topological polar surface area (TPSA) is 38.9 Å². The monoisotopic (exact) mass is 350 g/mol. The molecule has 0 fully saturated rings. The van der Waals surface area contributed by atoms with Crippen molar-refractivity contribution in [2.75, 3.05) is 0 Å². The molecule has 0 atom stereocenters. The van der Waals surface area contributed by atoms with Crippen LogP contribution in [0, 0.1) is 6.92 Å². The van der Waals surface area contributed by atoms with Crippen LogP contribution in [-0.2, 0) is 5.75 Å². The molecule has 0 saturated carbocycles. The van der Waals surface area contributed by atoms with Gasteiger partial charge in [0.1, 0.15) is 0 Å². The van der Waals surface area contributed by atoms with Gasteiger partial charge < -0.3 is 4.42 Å². The highest BCUT2D eigenvalue weighted by atomic mass is 35.5. The van der Waals surface area contributed by atoms with E-state index in [9.17, 15) is 0 Å². The van der Waals surface area contributed by atoms with E-state index in [1.165, 1.54) is 11.8 Å². The van der Waals surface area contributed by atoms with E-state index in [2.05, 4.69) is 10.2 Å². The summed E-state index contributed by atoms with van der Waals surface area (Å²) in [6.07, 6.45) is 0. The van der Waals surface area contributed by atoms with E-state index in [0.29, 0.717) is 26.9 Å². The smallest absolute Gasteiger partial charge is 0.277 e. The lowest BCUT2D eigenvalue weighted by molar-refractivity contribution is 0.466. The number of thioether (sulfide) groups is 1. The van der Waals surface area contributed by atoms with Crippen LogP contribution in [0.25, 0.3) is 11.5 Å². The number of nitrogens with zero attached hydrogens (tertiary/aromatic N) is 2. The van der Waals surface area contributed by atoms with E-state index >= 15 is 0 Å². The summed E-state index contributed by atoms with van der Waals surface area (Å²) < 4.78 is 5.68. The number of hydrogen-bond donors (Lipinski definition) is 0. The number of rotatable bonds is 4. The Hall–Kier alpha value is -1.49. The largest absolute Gasteiger partial charge is 0.411 e. The molecule has 3 aromatic rings. The first-order chi connectivity index (χ1) is 10.6. The van der Waals surface area contributed by atoms with Gasteiger partial charge in [-0.05, 0) is 36.8 Å². The van der Waals surface area contributed by atoms with Gasteiger partial charge in [0.15, 0.2) is 0 Å². The molecule has 0 bridgehead atoms. The zero-order valence-electron chi connectivity index (χ0n) is 11.7. The van der Waals surface area contributed by atoms with Gasteiger partial charge in [-0.1, -0.05) is 58.7 Å². The van der Waals surface area contributed by atoms with Crippen molar-refractivity contribution in [3.8, 4) is 11.5 Å². The first-order valence-electron chi connectivity index (χ1n) is 6.59. The van der Waals surface area contributed by atoms with Crippen LogP contribution in [0.5, 0.6) is 0 Å². The summed E-state index contributed by atoms with van der Waals surface area (Å²) in [4.78, 5) is 0. The quantitative estimate of drug-likeness (QED) is 0.570. The van der Waals surface area contributed by atoms with Crippen LogP contribution in [0.4, 0.5) is 0 Å². The SMILES string of the molecule is Cc1cccc(-c2nnc(SCc3ccc(Cl)cc3Cl)o2)c1. The van der Waals surface area contributed by atoms with Crippen molar-refractivity contribution in [1.29, 1.82) is 0 Å². The molecule has 3 nitrogen and oxygen atoms in total. The Bertz CT molecular complexity index is 804. The Kier molecular flexibility index (Phi) is 4.71. The van der Waals surface area contributed by atoms with Crippen molar-refractivity contribution in [3.63, 3.8) is 0 Å². The molecule has 0 radical (unpaired) electrons. The molecule has 3 rings (SSSR count). The van der Waals surface area contributed by atoms with Gasteiger partial charge >= 0.3 is 0 Å². The molecule has 0 N–H and O–H groups in total. The summed E-state index contributed by atoms with van der Waals surface area (Å²) in [5.41, 5.74) is 3.05. The standard InChI is InChI=1S/C16H12Cl2N2OS/c1-10-3-2-4-11(7-10)15-19-20-16(21-15)22-9-12-5-6-13(17)8-14(12)18/h2-8H,9H2,1H3. The third-order valence-electron chi connectivity index (χ3n) is 3.04. The van der Waals surface area contributed by atoms with Crippen molar-refractivity contribution in [2.24, 2.45) is 0 Å². The van der Waals surface area contributed by atoms with Crippen LogP contribution in [0.1, 0.15) is 11.1 Å². The molecule has 112 valence electrons. The van der Waals surface area contributed by atoms with Gasteiger partial charge in [-0.25, -0.2) is 0 Å². The number of halogens is 2. The zero-order chi connectivity index (χ0) is 15.5. The van der Waals surface area contributed by atoms with E-state index in [-0.39, 0.29) is 0 Å². The maximum atomic E-state index is 6.15. The second-order valence-electron chi connectivity index (χ2n) is 4.77. The molecule has 0 saturated heterocycles. The van der Waals surface area contributed by atoms with Crippen LogP contribution in [0.15, 0.2) is 52.1 Å². The lowest BCUT2D eigenvalue weighted by Gasteiger charge is -2.02. The molecule has 22 heavy (non-hydrogen) atoms. The van der Waals surface area contributed by atoms with Gasteiger partial charge in [-0.2, -0.15) is 0 Å². The van der Waals surface area contributed by atoms with Gasteiger partial charge in [-0.3, -0.25) is 0 Å². The lowest BCUT2D eigenvalue weighted by atomic mass is 10.1. The summed E-state index contributed by atoms with van der Waals surface area (Å²) in [7, 11) is 0. The molecular formula is C16H12Cl2N2OS. The molecule has 0 aliphatic rings. The number of hydrogen-bond acceptors (Lipinski definition) is 4. The first-order valence-corrected chi connectivity index (χ1v) is 8.33. The number of benzene rings is 2. The lowest BCUT2D eigenvalue weighted by Crippen LogP contribution is -1.82. The van der Waals surface area contributed by atoms with Crippen LogP contribution in [0.2, 0.25) is 10.0 Å². The minimum Gasteiger partial charge on any atom is -0.411 e. The maximum absolute atomic E-state index is 6.15. The minimum absolute atomic E-state index is 0.516. The molecule has 1 aromatic heterocycles. The molecule has 0 aliphatic heterocycles. The fraction of sp³-hybridized carbons (Fsp3) is 0.125. The third kappa shape index (κ3) is 3.64. The molecule has 6 heteroatoms. The number of aromatic nitrogens is 2. The highest BCUT2D eigenvalue weighted by Crippen LogP contribution is 2.29. The molecule has 2 aromatic carbocycles. The van der Waals surface area contributed by atoms with Gasteiger partial charge in [-0.15, -0.1) is 10.2 Å². The number of aryl methyl sites for hydroxylation is 1. The third-order valence-corrected chi connectivity index (χ3v) is 4.49. The normalized spacial score (nSPS) is 10.9. The van der Waals surface area contributed by atoms with Gasteiger partial charge in [0.25, 0.3) is 5.22 Å². The molecule has 0 unspecified atom stereocenters. The first kappa shape index (κ1) is 15.4. The van der Waals surface area contributed by atoms with E-state index in [0.717, 1.165) is 16.7 Å². The minimum atomic E-state index is 0.516. The van der Waals surface area contributed by atoms with Gasteiger partial charge in [0.05, 0.1) is 0 Å². The van der Waals surface area contributed by atoms with Crippen molar-refractivity contribution < 1.29 is 4.42 Å². The molecule has 1 heterocycles. The van der Waals surface area contributed by atoms with E-state index in [4.69, 9.17) is 27.6 Å². The van der Waals surface area contributed by atoms with Gasteiger partial charge in [0, 0.05) is 21.4 Å². The summed E-state index contributed by atoms with van der Waals surface area (Å²) in [6.45, 7) is 2.03. The Morgan fingerprint density at radius 1 is 1.09 bits per heavy atom. The van der Waals surface area contributed by atoms with Crippen molar-refractivity contribution in [3.05, 3.63) is 63.6 Å². The Morgan fingerprint density at radius 3 is 2.73 bits per heavy atom. The van der Waals surface area contributed by atoms with Crippen LogP contribution in [0.3, 0.4) is 0 Å². The average Bonchev–Trinajstić information content (AvgIpc) is 2.95. The van der Waals surface area contributed by atoms with Crippen LogP contribution in [-0.4, -0.2) is 10.2 Å². The molecular weight excluding hydrogens is 339 g/mol. The predicted molar refractivity (Wildman–Crippen MR) is 90.5 cm³/mol. The fourth-order valence-corrected chi connectivity index (χ4v) is 3.26. The summed E-state index contributed by atoms with van der Waals surface area (Å²) >= 11 is 13.5.